The molecule has 8 heteroatoms. The molecule has 0 bridgehead atoms. The summed E-state index contributed by atoms with van der Waals surface area (Å²) in [6, 6.07) is -0.615. The Hall–Kier alpha value is -2.19. The molecular weight excluding hydrogens is 691 g/mol. The predicted molar refractivity (Wildman–Crippen MR) is 229 cm³/mol. The van der Waals surface area contributed by atoms with E-state index in [-0.39, 0.29) is 36.2 Å². The minimum atomic E-state index is -0.878. The molecule has 0 aromatic rings. The maximum Gasteiger partial charge on any atom is 0.362 e. The summed E-state index contributed by atoms with van der Waals surface area (Å²) in [5.74, 6) is -1.50. The number of ether oxygens (including phenoxy) is 3. The lowest BCUT2D eigenvalue weighted by atomic mass is 10.0. The number of hydrogen-bond acceptors (Lipinski definition) is 6. The number of carbonyl (C=O) groups excluding carboxylic acids is 2. The van der Waals surface area contributed by atoms with Crippen molar-refractivity contribution in [2.24, 2.45) is 0 Å². The van der Waals surface area contributed by atoms with Gasteiger partial charge in [0, 0.05) is 19.3 Å². The molecule has 0 saturated heterocycles. The second-order valence-corrected chi connectivity index (χ2v) is 16.6. The second kappa shape index (κ2) is 38.7. The van der Waals surface area contributed by atoms with Gasteiger partial charge in [-0.1, -0.05) is 173 Å². The van der Waals surface area contributed by atoms with Gasteiger partial charge < -0.3 is 23.8 Å². The van der Waals surface area contributed by atoms with Gasteiger partial charge in [-0.15, -0.1) is 0 Å². The fraction of sp³-hybridized carbons (Fsp3) is 0.851. The first-order valence-electron chi connectivity index (χ1n) is 22.9. The highest BCUT2D eigenvalue weighted by atomic mass is 16.6. The number of unbranched alkanes of at least 4 members (excludes halogenated alkanes) is 23. The van der Waals surface area contributed by atoms with Crippen LogP contribution >= 0.6 is 0 Å². The van der Waals surface area contributed by atoms with E-state index in [1.165, 1.54) is 122 Å². The van der Waals surface area contributed by atoms with Gasteiger partial charge in [-0.05, 0) is 38.5 Å². The van der Waals surface area contributed by atoms with Gasteiger partial charge in [-0.25, -0.2) is 4.79 Å². The lowest BCUT2D eigenvalue weighted by molar-refractivity contribution is -0.887. The van der Waals surface area contributed by atoms with Crippen LogP contribution in [0.15, 0.2) is 24.3 Å². The monoisotopic (exact) mass is 779 g/mol. The Labute approximate surface area is 339 Å². The third-order valence-electron chi connectivity index (χ3n) is 10.4. The standard InChI is InChI=1S/C47H87NO7/c1-6-8-10-12-14-16-17-18-19-20-21-22-23-24-25-26-27-28-30-32-34-36-38-46(50)55-43(41-53-40-39-44(47(51)52)48(3,4)5)42-54-45(49)37-35-33-31-29-15-13-11-9-7-2/h9,11,15,29,43-44H,6-8,10,12-14,16-28,30-42H2,1-5H3/p+1/b11-9+,29-15+. The number of allylic oxidation sites excluding steroid dienone is 4. The Morgan fingerprint density at radius 2 is 1.02 bits per heavy atom. The Morgan fingerprint density at radius 1 is 0.564 bits per heavy atom. The van der Waals surface area contributed by atoms with Gasteiger partial charge in [0.15, 0.2) is 12.1 Å². The van der Waals surface area contributed by atoms with Crippen LogP contribution in [-0.2, 0) is 28.6 Å². The molecule has 0 saturated carbocycles. The number of carboxylic acid groups (broad SMARTS) is 1. The van der Waals surface area contributed by atoms with Crippen LogP contribution in [0.2, 0.25) is 0 Å². The van der Waals surface area contributed by atoms with Crippen LogP contribution in [0.25, 0.3) is 0 Å². The molecule has 0 aromatic carbocycles. The van der Waals surface area contributed by atoms with E-state index in [0.717, 1.165) is 51.4 Å². The zero-order valence-electron chi connectivity index (χ0n) is 36.6. The van der Waals surface area contributed by atoms with Crippen LogP contribution in [0.3, 0.4) is 0 Å². The average molecular weight is 779 g/mol. The number of aliphatic carboxylic acids is 1. The molecule has 2 atom stereocenters. The molecule has 0 rings (SSSR count). The average Bonchev–Trinajstić information content (AvgIpc) is 3.14. The van der Waals surface area contributed by atoms with E-state index < -0.39 is 18.1 Å². The highest BCUT2D eigenvalue weighted by Gasteiger charge is 2.31. The van der Waals surface area contributed by atoms with Crippen LogP contribution in [0.1, 0.15) is 206 Å². The van der Waals surface area contributed by atoms with Crippen LogP contribution < -0.4 is 0 Å². The minimum Gasteiger partial charge on any atom is -0.477 e. The van der Waals surface area contributed by atoms with Crippen molar-refractivity contribution in [1.29, 1.82) is 0 Å². The number of carboxylic acids is 1. The van der Waals surface area contributed by atoms with E-state index in [1.807, 2.05) is 21.1 Å². The van der Waals surface area contributed by atoms with Gasteiger partial charge in [-0.3, -0.25) is 9.59 Å². The molecular formula is C47H88NO7+. The van der Waals surface area contributed by atoms with Gasteiger partial charge in [0.25, 0.3) is 0 Å². The highest BCUT2D eigenvalue weighted by Crippen LogP contribution is 2.16. The topological polar surface area (TPSA) is 99.1 Å². The van der Waals surface area contributed by atoms with Crippen LogP contribution in [0, 0.1) is 0 Å². The Morgan fingerprint density at radius 3 is 1.49 bits per heavy atom. The summed E-state index contributed by atoms with van der Waals surface area (Å²) in [6.07, 6.45) is 42.5. The molecule has 2 unspecified atom stereocenters. The van der Waals surface area contributed by atoms with Crippen molar-refractivity contribution in [3.63, 3.8) is 0 Å². The van der Waals surface area contributed by atoms with Gasteiger partial charge in [0.2, 0.25) is 0 Å². The zero-order chi connectivity index (χ0) is 40.7. The van der Waals surface area contributed by atoms with Crippen molar-refractivity contribution in [3.8, 4) is 0 Å². The molecule has 0 radical (unpaired) electrons. The predicted octanol–water partition coefficient (Wildman–Crippen LogP) is 12.5. The van der Waals surface area contributed by atoms with E-state index in [4.69, 9.17) is 14.2 Å². The maximum absolute atomic E-state index is 12.7. The summed E-state index contributed by atoms with van der Waals surface area (Å²) in [4.78, 5) is 36.9. The van der Waals surface area contributed by atoms with Crippen molar-refractivity contribution < 1.29 is 38.2 Å². The summed E-state index contributed by atoms with van der Waals surface area (Å²) in [6.45, 7) is 4.60. The van der Waals surface area contributed by atoms with E-state index in [2.05, 4.69) is 38.2 Å². The lowest BCUT2D eigenvalue weighted by Crippen LogP contribution is -2.50. The zero-order valence-corrected chi connectivity index (χ0v) is 36.6. The Kier molecular flexibility index (Phi) is 37.1. The third kappa shape index (κ3) is 37.2. The fourth-order valence-electron chi connectivity index (χ4n) is 6.84. The van der Waals surface area contributed by atoms with E-state index in [0.29, 0.717) is 19.3 Å². The Bertz CT molecular complexity index is 957. The second-order valence-electron chi connectivity index (χ2n) is 16.6. The number of quaternary nitrogens is 1. The molecule has 55 heavy (non-hydrogen) atoms. The molecule has 0 spiro atoms. The quantitative estimate of drug-likeness (QED) is 0.0285. The summed E-state index contributed by atoms with van der Waals surface area (Å²) in [5.41, 5.74) is 0. The van der Waals surface area contributed by atoms with Gasteiger partial charge in [0.05, 0.1) is 34.4 Å². The third-order valence-corrected chi connectivity index (χ3v) is 10.4. The number of rotatable bonds is 41. The molecule has 0 aliphatic heterocycles. The molecule has 322 valence electrons. The molecule has 0 aliphatic carbocycles. The highest BCUT2D eigenvalue weighted by molar-refractivity contribution is 5.72. The number of esters is 2. The number of carbonyl (C=O) groups is 3. The van der Waals surface area contributed by atoms with Gasteiger partial charge >= 0.3 is 17.9 Å². The minimum absolute atomic E-state index is 0.0547. The van der Waals surface area contributed by atoms with E-state index in [1.54, 1.807) is 0 Å². The maximum atomic E-state index is 12.7. The Balaban J connectivity index is 4.17. The molecule has 0 heterocycles. The molecule has 0 fully saturated rings. The normalized spacial score (nSPS) is 13.1. The van der Waals surface area contributed by atoms with Crippen LogP contribution in [-0.4, -0.2) is 80.6 Å². The fourth-order valence-corrected chi connectivity index (χ4v) is 6.84. The van der Waals surface area contributed by atoms with Crippen LogP contribution in [0.5, 0.6) is 0 Å². The number of nitrogens with zero attached hydrogens (tertiary/aromatic N) is 1. The van der Waals surface area contributed by atoms with Crippen molar-refractivity contribution in [2.75, 3.05) is 41.0 Å². The first-order valence-corrected chi connectivity index (χ1v) is 22.9. The van der Waals surface area contributed by atoms with Crippen LogP contribution in [0.4, 0.5) is 0 Å². The first kappa shape index (κ1) is 52.8. The van der Waals surface area contributed by atoms with Crippen molar-refractivity contribution >= 4 is 17.9 Å². The molecule has 0 aliphatic rings. The summed E-state index contributed by atoms with van der Waals surface area (Å²) in [7, 11) is 5.52. The van der Waals surface area contributed by atoms with E-state index >= 15 is 0 Å². The smallest absolute Gasteiger partial charge is 0.362 e. The van der Waals surface area contributed by atoms with Gasteiger partial charge in [0.1, 0.15) is 6.61 Å². The van der Waals surface area contributed by atoms with Crippen molar-refractivity contribution in [2.45, 2.75) is 219 Å². The summed E-state index contributed by atoms with van der Waals surface area (Å²) >= 11 is 0. The lowest BCUT2D eigenvalue weighted by Gasteiger charge is -2.31. The van der Waals surface area contributed by atoms with Crippen molar-refractivity contribution in [1.82, 2.24) is 0 Å². The first-order chi connectivity index (χ1) is 26.6. The largest absolute Gasteiger partial charge is 0.477 e. The molecule has 0 aromatic heterocycles. The summed E-state index contributed by atoms with van der Waals surface area (Å²) in [5, 5.41) is 9.60. The number of likely N-dealkylation sites (N-methyl/N-ethyl adjacent to an activating group) is 1. The SMILES string of the molecule is CC/C=C/C/C=C/CCCCC(=O)OCC(COCCC(C(=O)O)[N+](C)(C)C)OC(=O)CCCCCCCCCCCCCCCCCCCCCCCC. The van der Waals surface area contributed by atoms with Gasteiger partial charge in [-0.2, -0.15) is 0 Å². The van der Waals surface area contributed by atoms with E-state index in [9.17, 15) is 19.5 Å². The molecule has 0 amide bonds. The number of hydrogen-bond donors (Lipinski definition) is 1. The van der Waals surface area contributed by atoms with Crippen molar-refractivity contribution in [3.05, 3.63) is 24.3 Å². The molecule has 8 nitrogen and oxygen atoms in total. The molecule has 1 N–H and O–H groups in total. The summed E-state index contributed by atoms with van der Waals surface area (Å²) < 4.78 is 17.2.